The Bertz CT molecular complexity index is 644. The maximum Gasteiger partial charge on any atom is 0.122 e. The Hall–Kier alpha value is 0.577. The van der Waals surface area contributed by atoms with E-state index in [0.29, 0.717) is 0 Å². The predicted octanol–water partition coefficient (Wildman–Crippen LogP) is 8.04. The lowest BCUT2D eigenvalue weighted by Gasteiger charge is -2.29. The van der Waals surface area contributed by atoms with Crippen molar-refractivity contribution in [1.29, 1.82) is 0 Å². The van der Waals surface area contributed by atoms with Gasteiger partial charge in [0, 0.05) is 9.75 Å². The topological polar surface area (TPSA) is 0 Å². The molecule has 0 aromatic carbocycles. The molecule has 0 fully saturated rings. The zero-order valence-electron chi connectivity index (χ0n) is 15.3. The van der Waals surface area contributed by atoms with Crippen LogP contribution in [-0.2, 0) is 0 Å². The number of thiophene rings is 2. The Labute approximate surface area is 178 Å². The average Bonchev–Trinajstić information content (AvgIpc) is 3.21. The van der Waals surface area contributed by atoms with E-state index in [1.54, 1.807) is 20.1 Å². The maximum atomic E-state index is 3.79. The SMILES string of the molecule is CCCCCC[Si]1(CCCCCC)c2cc(Br)sc2-c2sc(Br)cc21. The summed E-state index contributed by atoms with van der Waals surface area (Å²) in [6.45, 7) is 4.63. The highest BCUT2D eigenvalue weighted by Crippen LogP contribution is 2.45. The van der Waals surface area contributed by atoms with E-state index in [0.717, 1.165) is 0 Å². The van der Waals surface area contributed by atoms with E-state index in [1.807, 2.05) is 22.7 Å². The molecular formula is C20H28Br2S2Si. The van der Waals surface area contributed by atoms with Gasteiger partial charge in [-0.2, -0.15) is 0 Å². The van der Waals surface area contributed by atoms with Crippen molar-refractivity contribution in [2.75, 3.05) is 0 Å². The van der Waals surface area contributed by atoms with E-state index in [2.05, 4.69) is 57.8 Å². The molecule has 0 atom stereocenters. The molecular weight excluding hydrogens is 492 g/mol. The fourth-order valence-corrected chi connectivity index (χ4v) is 15.0. The van der Waals surface area contributed by atoms with Gasteiger partial charge in [-0.3, -0.25) is 0 Å². The zero-order chi connectivity index (χ0) is 17.9. The van der Waals surface area contributed by atoms with Crippen LogP contribution >= 0.6 is 54.5 Å². The molecule has 3 rings (SSSR count). The molecule has 5 heteroatoms. The van der Waals surface area contributed by atoms with E-state index in [9.17, 15) is 0 Å². The van der Waals surface area contributed by atoms with Gasteiger partial charge in [-0.05, 0) is 66.5 Å². The Morgan fingerprint density at radius 3 is 1.56 bits per heavy atom. The molecule has 2 aromatic rings. The normalized spacial score (nSPS) is 14.7. The van der Waals surface area contributed by atoms with Crippen LogP contribution in [0.25, 0.3) is 9.75 Å². The monoisotopic (exact) mass is 518 g/mol. The fraction of sp³-hybridized carbons (Fsp3) is 0.600. The van der Waals surface area contributed by atoms with Gasteiger partial charge in [-0.15, -0.1) is 22.7 Å². The van der Waals surface area contributed by atoms with Gasteiger partial charge in [-0.25, -0.2) is 0 Å². The van der Waals surface area contributed by atoms with Crippen LogP contribution in [0.3, 0.4) is 0 Å². The smallest absolute Gasteiger partial charge is 0.122 e. The van der Waals surface area contributed by atoms with Gasteiger partial charge in [0.25, 0.3) is 0 Å². The standard InChI is InChI=1S/C20H28Br2S2Si/c1-3-5-7-9-11-25(12-10-8-6-4-2)15-13-17(21)23-19(15)20-16(25)14-18(22)24-20/h13-14H,3-12H2,1-2H3. The lowest BCUT2D eigenvalue weighted by molar-refractivity contribution is 0.684. The lowest BCUT2D eigenvalue weighted by atomic mass is 10.2. The average molecular weight is 520 g/mol. The maximum absolute atomic E-state index is 3.79. The third-order valence-electron chi connectivity index (χ3n) is 5.56. The van der Waals surface area contributed by atoms with Crippen LogP contribution < -0.4 is 10.4 Å². The molecule has 0 bridgehead atoms. The summed E-state index contributed by atoms with van der Waals surface area (Å²) in [5.41, 5.74) is 0. The molecule has 1 aliphatic heterocycles. The molecule has 25 heavy (non-hydrogen) atoms. The minimum atomic E-state index is -1.57. The highest BCUT2D eigenvalue weighted by atomic mass is 79.9. The van der Waals surface area contributed by atoms with Crippen LogP contribution in [0.4, 0.5) is 0 Å². The number of unbranched alkanes of at least 4 members (excludes halogenated alkanes) is 6. The number of hydrogen-bond acceptors (Lipinski definition) is 2. The van der Waals surface area contributed by atoms with Crippen LogP contribution in [0.5, 0.6) is 0 Å². The highest BCUT2D eigenvalue weighted by Gasteiger charge is 2.47. The van der Waals surface area contributed by atoms with Gasteiger partial charge in [0.15, 0.2) is 0 Å². The van der Waals surface area contributed by atoms with Crippen molar-refractivity contribution in [1.82, 2.24) is 0 Å². The van der Waals surface area contributed by atoms with Crippen LogP contribution in [0, 0.1) is 0 Å². The summed E-state index contributed by atoms with van der Waals surface area (Å²) in [5.74, 6) is 0. The van der Waals surface area contributed by atoms with Gasteiger partial charge in [0.1, 0.15) is 8.07 Å². The van der Waals surface area contributed by atoms with E-state index in [-0.39, 0.29) is 0 Å². The third kappa shape index (κ3) is 4.21. The van der Waals surface area contributed by atoms with Crippen molar-refractivity contribution >= 4 is 73.0 Å². The quantitative estimate of drug-likeness (QED) is 0.220. The van der Waals surface area contributed by atoms with E-state index in [4.69, 9.17) is 0 Å². The van der Waals surface area contributed by atoms with Crippen molar-refractivity contribution in [3.8, 4) is 9.75 Å². The number of hydrogen-bond donors (Lipinski definition) is 0. The zero-order valence-corrected chi connectivity index (χ0v) is 21.1. The molecule has 1 aliphatic rings. The molecule has 0 N–H and O–H groups in total. The summed E-state index contributed by atoms with van der Waals surface area (Å²) in [5, 5.41) is 3.51. The summed E-state index contributed by atoms with van der Waals surface area (Å²) >= 11 is 11.5. The van der Waals surface area contributed by atoms with E-state index in [1.165, 1.54) is 71.0 Å². The molecule has 2 aromatic heterocycles. The molecule has 0 saturated carbocycles. The van der Waals surface area contributed by atoms with Crippen LogP contribution in [0.1, 0.15) is 65.2 Å². The number of fused-ring (bicyclic) bond motifs is 3. The Balaban J connectivity index is 1.93. The summed E-state index contributed by atoms with van der Waals surface area (Å²) in [6.07, 6.45) is 11.1. The van der Waals surface area contributed by atoms with E-state index < -0.39 is 8.07 Å². The van der Waals surface area contributed by atoms with Gasteiger partial charge in [0.2, 0.25) is 0 Å². The number of rotatable bonds is 10. The second kappa shape index (κ2) is 9.18. The van der Waals surface area contributed by atoms with Crippen molar-refractivity contribution in [2.24, 2.45) is 0 Å². The Kier molecular flexibility index (Phi) is 7.46. The highest BCUT2D eigenvalue weighted by molar-refractivity contribution is 9.11. The van der Waals surface area contributed by atoms with Gasteiger partial charge in [0.05, 0.1) is 7.57 Å². The molecule has 0 saturated heterocycles. The first kappa shape index (κ1) is 20.3. The molecule has 0 radical (unpaired) electrons. The van der Waals surface area contributed by atoms with Crippen molar-refractivity contribution in [2.45, 2.75) is 77.3 Å². The molecule has 0 unspecified atom stereocenters. The molecule has 138 valence electrons. The fourth-order valence-electron chi connectivity index (χ4n) is 4.29. The van der Waals surface area contributed by atoms with Crippen LogP contribution in [0.2, 0.25) is 12.1 Å². The minimum Gasteiger partial charge on any atom is -0.127 e. The Morgan fingerprint density at radius 1 is 0.720 bits per heavy atom. The van der Waals surface area contributed by atoms with Crippen molar-refractivity contribution in [3.63, 3.8) is 0 Å². The lowest BCUT2D eigenvalue weighted by Crippen LogP contribution is -2.54. The second-order valence-corrected chi connectivity index (χ2v) is 16.4. The van der Waals surface area contributed by atoms with Gasteiger partial charge < -0.3 is 0 Å². The first-order valence-electron chi connectivity index (χ1n) is 9.72. The second-order valence-electron chi connectivity index (χ2n) is 7.29. The van der Waals surface area contributed by atoms with Gasteiger partial charge in [-0.1, -0.05) is 65.2 Å². The largest absolute Gasteiger partial charge is 0.127 e. The Morgan fingerprint density at radius 2 is 1.16 bits per heavy atom. The first-order chi connectivity index (χ1) is 12.1. The van der Waals surface area contributed by atoms with Crippen molar-refractivity contribution < 1.29 is 0 Å². The molecule has 3 heterocycles. The molecule has 0 amide bonds. The summed E-state index contributed by atoms with van der Waals surface area (Å²) in [7, 11) is -1.57. The summed E-state index contributed by atoms with van der Waals surface area (Å²) in [6, 6.07) is 7.88. The molecule has 0 nitrogen and oxygen atoms in total. The van der Waals surface area contributed by atoms with Crippen molar-refractivity contribution in [3.05, 3.63) is 19.7 Å². The summed E-state index contributed by atoms with van der Waals surface area (Å²) in [4.78, 5) is 3.19. The first-order valence-corrected chi connectivity index (χ1v) is 15.4. The van der Waals surface area contributed by atoms with Gasteiger partial charge >= 0.3 is 0 Å². The van der Waals surface area contributed by atoms with Crippen LogP contribution in [0.15, 0.2) is 19.7 Å². The molecule has 0 aliphatic carbocycles. The molecule has 0 spiro atoms. The minimum absolute atomic E-state index is 1.33. The summed E-state index contributed by atoms with van der Waals surface area (Å²) < 4.78 is 2.65. The van der Waals surface area contributed by atoms with Crippen LogP contribution in [-0.4, -0.2) is 8.07 Å². The predicted molar refractivity (Wildman–Crippen MR) is 126 cm³/mol. The third-order valence-corrected chi connectivity index (χ3v) is 14.6. The number of halogens is 2. The van der Waals surface area contributed by atoms with E-state index >= 15 is 0 Å².